The van der Waals surface area contributed by atoms with Crippen LogP contribution in [0.1, 0.15) is 13.8 Å². The molecule has 2 atom stereocenters. The molecule has 0 spiro atoms. The quantitative estimate of drug-likeness (QED) is 0.461. The third-order valence-corrected chi connectivity index (χ3v) is 1.07. The summed E-state index contributed by atoms with van der Waals surface area (Å²) in [6, 6.07) is 0. The number of carboxylic acids is 2. The lowest BCUT2D eigenvalue weighted by Crippen LogP contribution is -2.17. The van der Waals surface area contributed by atoms with Crippen molar-refractivity contribution >= 4 is 11.9 Å². The molecule has 0 bridgehead atoms. The van der Waals surface area contributed by atoms with Gasteiger partial charge in [-0.1, -0.05) is 0 Å². The molecular weight excluding hydrogens is 192 g/mol. The van der Waals surface area contributed by atoms with E-state index >= 15 is 0 Å². The van der Waals surface area contributed by atoms with Crippen molar-refractivity contribution in [2.24, 2.45) is 0 Å². The molecule has 0 fully saturated rings. The van der Waals surface area contributed by atoms with Crippen molar-refractivity contribution < 1.29 is 30.0 Å². The van der Waals surface area contributed by atoms with Gasteiger partial charge in [-0.2, -0.15) is 0 Å². The van der Waals surface area contributed by atoms with Gasteiger partial charge in [0.15, 0.2) is 0 Å². The molecule has 4 N–H and O–H groups in total. The number of aliphatic hydroxyl groups is 2. The van der Waals surface area contributed by atoms with Gasteiger partial charge in [0.25, 0.3) is 0 Å². The van der Waals surface area contributed by atoms with E-state index in [4.69, 9.17) is 20.4 Å². The zero-order chi connectivity index (χ0) is 11.7. The van der Waals surface area contributed by atoms with Gasteiger partial charge in [0.1, 0.15) is 0 Å². The van der Waals surface area contributed by atoms with Gasteiger partial charge in [-0.05, 0) is 13.8 Å². The number of aliphatic hydroxyl groups excluding tert-OH is 2. The van der Waals surface area contributed by atoms with E-state index in [-0.39, 0.29) is 0 Å². The molecule has 82 valence electrons. The van der Waals surface area contributed by atoms with Crippen LogP contribution in [0.15, 0.2) is 12.2 Å². The Morgan fingerprint density at radius 3 is 1.21 bits per heavy atom. The topological polar surface area (TPSA) is 115 Å². The van der Waals surface area contributed by atoms with Crippen LogP contribution in [0.25, 0.3) is 0 Å². The highest BCUT2D eigenvalue weighted by atomic mass is 16.4. The van der Waals surface area contributed by atoms with Crippen molar-refractivity contribution in [3.8, 4) is 0 Å². The second kappa shape index (κ2) is 8.21. The number of hydrogen-bond acceptors (Lipinski definition) is 4. The van der Waals surface area contributed by atoms with Crippen LogP contribution in [0.5, 0.6) is 0 Å². The van der Waals surface area contributed by atoms with E-state index in [1.165, 1.54) is 0 Å². The minimum absolute atomic E-state index is 0.558. The predicted molar refractivity (Wildman–Crippen MR) is 47.8 cm³/mol. The van der Waals surface area contributed by atoms with Gasteiger partial charge in [0, 0.05) is 12.2 Å². The van der Waals surface area contributed by atoms with E-state index in [1.807, 2.05) is 0 Å². The first-order chi connectivity index (χ1) is 6.27. The molecule has 0 radical (unpaired) electrons. The first-order valence-corrected chi connectivity index (χ1v) is 3.77. The molecule has 0 saturated heterocycles. The lowest BCUT2D eigenvalue weighted by molar-refractivity contribution is -0.134. The summed E-state index contributed by atoms with van der Waals surface area (Å²) in [5, 5.41) is 32.4. The predicted octanol–water partition coefficient (Wildman–Crippen LogP) is -0.540. The number of hydrogen-bond donors (Lipinski definition) is 4. The summed E-state index contributed by atoms with van der Waals surface area (Å²) in [6.45, 7) is 3.09. The smallest absolute Gasteiger partial charge is 0.328 e. The standard InChI is InChI=1S/C4H4O4.C4H10O2/c5-3(6)1-2-4(7)8;1-3(5)4(2)6/h1-2H,(H,5,6)(H,7,8);3-6H,1-2H3. The van der Waals surface area contributed by atoms with Gasteiger partial charge in [0.05, 0.1) is 12.2 Å². The third kappa shape index (κ3) is 16.9. The highest BCUT2D eigenvalue weighted by Crippen LogP contribution is 1.85. The van der Waals surface area contributed by atoms with Crippen molar-refractivity contribution in [1.82, 2.24) is 0 Å². The van der Waals surface area contributed by atoms with Crippen molar-refractivity contribution in [3.63, 3.8) is 0 Å². The molecule has 0 aromatic heterocycles. The van der Waals surface area contributed by atoms with E-state index in [0.29, 0.717) is 12.2 Å². The van der Waals surface area contributed by atoms with Gasteiger partial charge in [0.2, 0.25) is 0 Å². The van der Waals surface area contributed by atoms with E-state index in [1.54, 1.807) is 13.8 Å². The molecule has 0 rings (SSSR count). The highest BCUT2D eigenvalue weighted by molar-refractivity contribution is 5.89. The van der Waals surface area contributed by atoms with E-state index in [0.717, 1.165) is 0 Å². The van der Waals surface area contributed by atoms with Crippen LogP contribution < -0.4 is 0 Å². The van der Waals surface area contributed by atoms with Crippen molar-refractivity contribution in [2.75, 3.05) is 0 Å². The van der Waals surface area contributed by atoms with E-state index < -0.39 is 24.1 Å². The fourth-order valence-corrected chi connectivity index (χ4v) is 0.143. The van der Waals surface area contributed by atoms with Gasteiger partial charge in [-0.3, -0.25) is 0 Å². The Bertz CT molecular complexity index is 184. The van der Waals surface area contributed by atoms with E-state index in [9.17, 15) is 9.59 Å². The number of carbonyl (C=O) groups is 2. The Morgan fingerprint density at radius 1 is 0.929 bits per heavy atom. The van der Waals surface area contributed by atoms with Crippen molar-refractivity contribution in [1.29, 1.82) is 0 Å². The molecule has 0 heterocycles. The van der Waals surface area contributed by atoms with Gasteiger partial charge < -0.3 is 20.4 Å². The van der Waals surface area contributed by atoms with Crippen LogP contribution in [-0.2, 0) is 9.59 Å². The molecule has 6 nitrogen and oxygen atoms in total. The highest BCUT2D eigenvalue weighted by Gasteiger charge is 1.99. The normalized spacial score (nSPS) is 14.0. The zero-order valence-electron chi connectivity index (χ0n) is 7.91. The molecule has 0 amide bonds. The number of rotatable bonds is 3. The van der Waals surface area contributed by atoms with Crippen molar-refractivity contribution in [2.45, 2.75) is 26.1 Å². The second-order valence-electron chi connectivity index (χ2n) is 2.49. The maximum Gasteiger partial charge on any atom is 0.328 e. The fourth-order valence-electron chi connectivity index (χ4n) is 0.143. The van der Waals surface area contributed by atoms with Crippen LogP contribution in [0.3, 0.4) is 0 Å². The minimum Gasteiger partial charge on any atom is -0.478 e. The Morgan fingerprint density at radius 2 is 1.14 bits per heavy atom. The van der Waals surface area contributed by atoms with Crippen LogP contribution in [-0.4, -0.2) is 44.6 Å². The summed E-state index contributed by atoms with van der Waals surface area (Å²) in [5.74, 6) is -2.51. The molecule has 0 aliphatic heterocycles. The number of aliphatic carboxylic acids is 2. The Balaban J connectivity index is 0. The summed E-state index contributed by atoms with van der Waals surface area (Å²) in [6.07, 6.45) is -0.0694. The second-order valence-corrected chi connectivity index (χ2v) is 2.49. The third-order valence-electron chi connectivity index (χ3n) is 1.07. The van der Waals surface area contributed by atoms with Gasteiger partial charge >= 0.3 is 11.9 Å². The van der Waals surface area contributed by atoms with Crippen LogP contribution in [0.4, 0.5) is 0 Å². The molecule has 0 saturated carbocycles. The summed E-state index contributed by atoms with van der Waals surface area (Å²) < 4.78 is 0. The Labute approximate surface area is 81.1 Å². The minimum atomic E-state index is -1.26. The molecule has 6 heteroatoms. The maximum atomic E-state index is 9.55. The zero-order valence-corrected chi connectivity index (χ0v) is 7.91. The fraction of sp³-hybridized carbons (Fsp3) is 0.500. The maximum absolute atomic E-state index is 9.55. The average Bonchev–Trinajstić information content (AvgIpc) is 2.01. The average molecular weight is 206 g/mol. The molecule has 0 aliphatic carbocycles. The van der Waals surface area contributed by atoms with Crippen LogP contribution >= 0.6 is 0 Å². The van der Waals surface area contributed by atoms with Crippen LogP contribution in [0, 0.1) is 0 Å². The molecule has 0 aromatic carbocycles. The summed E-state index contributed by atoms with van der Waals surface area (Å²) >= 11 is 0. The van der Waals surface area contributed by atoms with Crippen molar-refractivity contribution in [3.05, 3.63) is 12.2 Å². The first-order valence-electron chi connectivity index (χ1n) is 3.77. The summed E-state index contributed by atoms with van der Waals surface area (Å²) in [7, 11) is 0. The molecule has 0 aliphatic rings. The molecular formula is C8H14O6. The van der Waals surface area contributed by atoms with Gasteiger partial charge in [-0.25, -0.2) is 9.59 Å². The Hall–Kier alpha value is -1.40. The SMILES string of the molecule is CC(O)C(C)O.O=C(O)C=CC(=O)O. The molecule has 0 aromatic rings. The van der Waals surface area contributed by atoms with Gasteiger partial charge in [-0.15, -0.1) is 0 Å². The first kappa shape index (κ1) is 15.1. The largest absolute Gasteiger partial charge is 0.478 e. The molecule has 14 heavy (non-hydrogen) atoms. The van der Waals surface area contributed by atoms with Crippen LogP contribution in [0.2, 0.25) is 0 Å². The summed E-state index contributed by atoms with van der Waals surface area (Å²) in [4.78, 5) is 19.1. The monoisotopic (exact) mass is 206 g/mol. The molecule has 2 unspecified atom stereocenters. The summed E-state index contributed by atoms with van der Waals surface area (Å²) in [5.41, 5.74) is 0. The lowest BCUT2D eigenvalue weighted by atomic mass is 10.3. The lowest BCUT2D eigenvalue weighted by Gasteiger charge is -2.03. The number of carboxylic acid groups (broad SMARTS) is 2. The van der Waals surface area contributed by atoms with E-state index in [2.05, 4.69) is 0 Å². The Kier molecular flexibility index (Phi) is 8.85.